The molecule has 0 fully saturated rings. The first-order valence-electron chi connectivity index (χ1n) is 7.31. The van der Waals surface area contributed by atoms with E-state index in [1.54, 1.807) is 4.90 Å². The van der Waals surface area contributed by atoms with Crippen LogP contribution in [0.2, 0.25) is 0 Å². The highest BCUT2D eigenvalue weighted by Gasteiger charge is 2.24. The summed E-state index contributed by atoms with van der Waals surface area (Å²) in [6.07, 6.45) is 0.243. The number of hydrogen-bond donors (Lipinski definition) is 1. The molecule has 0 aliphatic carbocycles. The molecule has 1 heterocycles. The zero-order valence-electron chi connectivity index (χ0n) is 12.6. The monoisotopic (exact) mass is 468 g/mol. The molecule has 0 atom stereocenters. The van der Waals surface area contributed by atoms with Gasteiger partial charge >= 0.3 is 0 Å². The van der Waals surface area contributed by atoms with Crippen LogP contribution < -0.4 is 10.2 Å². The van der Waals surface area contributed by atoms with E-state index in [4.69, 9.17) is 0 Å². The van der Waals surface area contributed by atoms with Gasteiger partial charge < -0.3 is 10.2 Å². The van der Waals surface area contributed by atoms with Gasteiger partial charge in [0.2, 0.25) is 11.8 Å². The van der Waals surface area contributed by atoms with Gasteiger partial charge in [0.15, 0.2) is 0 Å². The second kappa shape index (κ2) is 7.72. The molecular weight excluding hydrogens is 456 g/mol. The van der Waals surface area contributed by atoms with Crippen molar-refractivity contribution in [1.29, 1.82) is 0 Å². The highest BCUT2D eigenvalue weighted by atomic mass is 79.9. The van der Waals surface area contributed by atoms with Crippen molar-refractivity contribution in [2.75, 3.05) is 22.5 Å². The lowest BCUT2D eigenvalue weighted by Crippen LogP contribution is -2.37. The lowest BCUT2D eigenvalue weighted by atomic mass is 10.2. The molecule has 1 aliphatic heterocycles. The number of benzene rings is 2. The van der Waals surface area contributed by atoms with Crippen LogP contribution in [-0.2, 0) is 9.59 Å². The molecule has 1 aliphatic rings. The molecule has 0 spiro atoms. The largest absolute Gasteiger partial charge is 0.325 e. The van der Waals surface area contributed by atoms with E-state index in [-0.39, 0.29) is 18.2 Å². The Morgan fingerprint density at radius 1 is 1.21 bits per heavy atom. The number of thioether (sulfide) groups is 1. The third-order valence-corrected chi connectivity index (χ3v) is 5.77. The number of nitrogens with one attached hydrogen (secondary N) is 1. The summed E-state index contributed by atoms with van der Waals surface area (Å²) in [5.74, 6) is 0.328. The molecule has 124 valence electrons. The summed E-state index contributed by atoms with van der Waals surface area (Å²) >= 11 is 8.34. The van der Waals surface area contributed by atoms with Gasteiger partial charge in [-0.05, 0) is 46.3 Å². The second-order valence-electron chi connectivity index (χ2n) is 5.22. The molecule has 0 unspecified atom stereocenters. The molecule has 7 heteroatoms. The van der Waals surface area contributed by atoms with Gasteiger partial charge in [0.25, 0.3) is 0 Å². The minimum Gasteiger partial charge on any atom is -0.325 e. The topological polar surface area (TPSA) is 49.4 Å². The van der Waals surface area contributed by atoms with E-state index in [1.165, 1.54) is 11.8 Å². The van der Waals surface area contributed by atoms with E-state index < -0.39 is 0 Å². The van der Waals surface area contributed by atoms with E-state index in [0.29, 0.717) is 18.0 Å². The molecule has 3 rings (SSSR count). The maximum Gasteiger partial charge on any atom is 0.237 e. The van der Waals surface area contributed by atoms with Gasteiger partial charge in [-0.3, -0.25) is 9.59 Å². The fourth-order valence-corrected chi connectivity index (χ4v) is 4.50. The Kier molecular flexibility index (Phi) is 5.63. The molecule has 24 heavy (non-hydrogen) atoms. The quantitative estimate of drug-likeness (QED) is 0.707. The minimum atomic E-state index is -0.124. The number of amides is 2. The fraction of sp³-hybridized carbons (Fsp3) is 0.176. The first kappa shape index (κ1) is 17.5. The Bertz CT molecular complexity index is 798. The molecule has 2 aromatic rings. The zero-order chi connectivity index (χ0) is 17.1. The number of carbonyl (C=O) groups is 2. The Labute approximate surface area is 161 Å². The van der Waals surface area contributed by atoms with Crippen molar-refractivity contribution in [3.05, 3.63) is 51.4 Å². The van der Waals surface area contributed by atoms with Crippen molar-refractivity contribution in [1.82, 2.24) is 0 Å². The number of para-hydroxylation sites is 1. The van der Waals surface area contributed by atoms with Crippen LogP contribution in [0.4, 0.5) is 11.4 Å². The van der Waals surface area contributed by atoms with Gasteiger partial charge in [-0.25, -0.2) is 0 Å². The van der Waals surface area contributed by atoms with Crippen molar-refractivity contribution in [3.63, 3.8) is 0 Å². The normalized spacial score (nSPS) is 13.6. The van der Waals surface area contributed by atoms with E-state index in [9.17, 15) is 9.59 Å². The molecular formula is C17H14Br2N2O2S. The van der Waals surface area contributed by atoms with Crippen LogP contribution in [-0.4, -0.2) is 24.1 Å². The van der Waals surface area contributed by atoms with Crippen molar-refractivity contribution in [3.8, 4) is 0 Å². The number of hydrogen-bond acceptors (Lipinski definition) is 3. The summed E-state index contributed by atoms with van der Waals surface area (Å²) in [7, 11) is 0. The predicted molar refractivity (Wildman–Crippen MR) is 105 cm³/mol. The number of halogens is 2. The summed E-state index contributed by atoms with van der Waals surface area (Å²) in [6, 6.07) is 13.3. The smallest absolute Gasteiger partial charge is 0.237 e. The van der Waals surface area contributed by atoms with Gasteiger partial charge in [-0.2, -0.15) is 0 Å². The lowest BCUT2D eigenvalue weighted by Gasteiger charge is -2.28. The van der Waals surface area contributed by atoms with Crippen LogP contribution in [0.25, 0.3) is 0 Å². The second-order valence-corrected chi connectivity index (χ2v) is 8.01. The number of anilines is 2. The summed E-state index contributed by atoms with van der Waals surface area (Å²) in [5.41, 5.74) is 1.60. The third kappa shape index (κ3) is 4.02. The molecule has 1 N–H and O–H groups in total. The molecule has 0 radical (unpaired) electrons. The third-order valence-electron chi connectivity index (χ3n) is 3.58. The average molecular weight is 470 g/mol. The number of rotatable bonds is 4. The number of carbonyl (C=O) groups excluding carboxylic acids is 2. The SMILES string of the molecule is O=C(CCN1C(=O)CSc2ccccc21)Nc1ccc(Br)cc1Br. The van der Waals surface area contributed by atoms with Crippen LogP contribution in [0, 0.1) is 0 Å². The summed E-state index contributed by atoms with van der Waals surface area (Å²) in [6.45, 7) is 0.371. The average Bonchev–Trinajstić information content (AvgIpc) is 2.56. The first-order valence-corrected chi connectivity index (χ1v) is 9.89. The van der Waals surface area contributed by atoms with Crippen LogP contribution in [0.5, 0.6) is 0 Å². The predicted octanol–water partition coefficient (Wildman–Crippen LogP) is 4.68. The van der Waals surface area contributed by atoms with Gasteiger partial charge in [-0.15, -0.1) is 11.8 Å². The van der Waals surface area contributed by atoms with Gasteiger partial charge in [-0.1, -0.05) is 28.1 Å². The van der Waals surface area contributed by atoms with Crippen LogP contribution in [0.15, 0.2) is 56.3 Å². The molecule has 2 amide bonds. The fourth-order valence-electron chi connectivity index (χ4n) is 2.42. The van der Waals surface area contributed by atoms with Crippen molar-refractivity contribution in [2.24, 2.45) is 0 Å². The van der Waals surface area contributed by atoms with E-state index in [0.717, 1.165) is 19.5 Å². The maximum atomic E-state index is 12.2. The molecule has 0 bridgehead atoms. The molecule has 4 nitrogen and oxygen atoms in total. The Hall–Kier alpha value is -1.31. The van der Waals surface area contributed by atoms with Gasteiger partial charge in [0.05, 0.1) is 17.1 Å². The van der Waals surface area contributed by atoms with Crippen LogP contribution >= 0.6 is 43.6 Å². The van der Waals surface area contributed by atoms with Gasteiger partial charge in [0.1, 0.15) is 0 Å². The van der Waals surface area contributed by atoms with Crippen molar-refractivity contribution < 1.29 is 9.59 Å². The molecule has 0 saturated carbocycles. The van der Waals surface area contributed by atoms with Crippen LogP contribution in [0.3, 0.4) is 0 Å². The zero-order valence-corrected chi connectivity index (χ0v) is 16.6. The Morgan fingerprint density at radius 3 is 2.79 bits per heavy atom. The van der Waals surface area contributed by atoms with E-state index in [2.05, 4.69) is 37.2 Å². The van der Waals surface area contributed by atoms with Gasteiger partial charge in [0, 0.05) is 26.8 Å². The van der Waals surface area contributed by atoms with Crippen molar-refractivity contribution >= 4 is 66.8 Å². The van der Waals surface area contributed by atoms with E-state index >= 15 is 0 Å². The number of nitrogens with zero attached hydrogens (tertiary/aromatic N) is 1. The van der Waals surface area contributed by atoms with Crippen molar-refractivity contribution in [2.45, 2.75) is 11.3 Å². The minimum absolute atomic E-state index is 0.0383. The standard InChI is InChI=1S/C17H14Br2N2O2S/c18-11-5-6-13(12(19)9-11)20-16(22)7-8-21-14-3-1-2-4-15(14)24-10-17(21)23/h1-6,9H,7-8,10H2,(H,20,22). The highest BCUT2D eigenvalue weighted by Crippen LogP contribution is 2.35. The summed E-state index contributed by atoms with van der Waals surface area (Å²) in [5, 5.41) is 2.87. The number of fused-ring (bicyclic) bond motifs is 1. The molecule has 0 aromatic heterocycles. The Morgan fingerprint density at radius 2 is 2.00 bits per heavy atom. The summed E-state index contributed by atoms with van der Waals surface area (Å²) < 4.78 is 1.74. The molecule has 0 saturated heterocycles. The Balaban J connectivity index is 1.65. The highest BCUT2D eigenvalue weighted by molar-refractivity contribution is 9.11. The molecule has 2 aromatic carbocycles. The lowest BCUT2D eigenvalue weighted by molar-refractivity contribution is -0.117. The summed E-state index contributed by atoms with van der Waals surface area (Å²) in [4.78, 5) is 27.2. The first-order chi connectivity index (χ1) is 11.5. The maximum absolute atomic E-state index is 12.2. The van der Waals surface area contributed by atoms with Crippen LogP contribution in [0.1, 0.15) is 6.42 Å². The van der Waals surface area contributed by atoms with E-state index in [1.807, 2.05) is 42.5 Å².